The van der Waals surface area contributed by atoms with Crippen LogP contribution in [-0.2, 0) is 57.9 Å². The van der Waals surface area contributed by atoms with Crippen LogP contribution in [0.15, 0.2) is 0 Å². The lowest BCUT2D eigenvalue weighted by molar-refractivity contribution is -0.140. The van der Waals surface area contributed by atoms with E-state index in [9.17, 15) is 53.3 Å². The topological polar surface area (TPSA) is 326 Å². The third-order valence-corrected chi connectivity index (χ3v) is 16.8. The Hall–Kier alpha value is -0.850. The summed E-state index contributed by atoms with van der Waals surface area (Å²) >= 11 is 0. The van der Waals surface area contributed by atoms with E-state index in [2.05, 4.69) is 0 Å². The molecular weight excluding hydrogens is 910 g/mol. The van der Waals surface area contributed by atoms with Crippen molar-refractivity contribution in [3.63, 3.8) is 0 Å². The zero-order chi connectivity index (χ0) is 51.9. The first kappa shape index (κ1) is 79.5. The molecule has 0 aromatic carbocycles. The lowest BCUT2D eigenvalue weighted by atomic mass is 10.1. The highest BCUT2D eigenvalue weighted by molar-refractivity contribution is 7.91. The zero-order valence-electron chi connectivity index (χ0n) is 40.8. The largest absolute Gasteiger partial charge is 0.481 e. The molecule has 0 bridgehead atoms. The number of rotatable bonds is 9. The van der Waals surface area contributed by atoms with Crippen LogP contribution in [0.5, 0.6) is 0 Å². The van der Waals surface area contributed by atoms with Crippen LogP contribution in [0.3, 0.4) is 0 Å². The van der Waals surface area contributed by atoms with E-state index in [0.29, 0.717) is 0 Å². The molecule has 2 unspecified atom stereocenters. The molecule has 0 fully saturated rings. The highest BCUT2D eigenvalue weighted by Gasteiger charge is 2.17. The van der Waals surface area contributed by atoms with Gasteiger partial charge in [0.2, 0.25) is 0 Å². The van der Waals surface area contributed by atoms with Crippen LogP contribution in [0.25, 0.3) is 0 Å². The molecule has 60 heavy (non-hydrogen) atoms. The van der Waals surface area contributed by atoms with E-state index >= 15 is 0 Å². The van der Waals surface area contributed by atoms with Gasteiger partial charge in [0.15, 0.2) is 14.7 Å². The number of ketones is 2. The Labute approximate surface area is 365 Å². The second-order valence-electron chi connectivity index (χ2n) is 16.1. The quantitative estimate of drug-likeness (QED) is 0.0961. The maximum Gasteiger partial charge on any atom is 0.328 e. The lowest BCUT2D eigenvalue weighted by Gasteiger charge is -2.06. The molecule has 0 rings (SSSR count). The van der Waals surface area contributed by atoms with E-state index in [0.717, 1.165) is 0 Å². The summed E-state index contributed by atoms with van der Waals surface area (Å²) in [5.74, 6) is -0.0278. The molecule has 0 heterocycles. The highest BCUT2D eigenvalue weighted by atomic mass is 32.2. The molecule has 0 radical (unpaired) electrons. The molecule has 0 aromatic heterocycles. The minimum absolute atomic E-state index is 0.0903. The van der Waals surface area contributed by atoms with Crippen LogP contribution in [0, 0.1) is 17.8 Å². The third kappa shape index (κ3) is 81.0. The van der Waals surface area contributed by atoms with Crippen molar-refractivity contribution in [2.75, 3.05) is 25.8 Å². The normalized spacial score (nSPS) is 13.2. The molecule has 0 aromatic rings. The molecule has 372 valence electrons. The van der Waals surface area contributed by atoms with Gasteiger partial charge in [-0.2, -0.15) is 8.42 Å². The SMILES string of the molecule is CC(=O)C(C)C.CC(=O)C(C)C.CC(C)C(=O)O.CC(C)P(=O)(O)O.CC(C)P(C)(=O)O.CC(C)P(C)(=O)O.CC(C)S(=O)(=O)O.CC(C)S(C)(=O)=O.CC(C)S(C)(=O)=O. The van der Waals surface area contributed by atoms with Crippen molar-refractivity contribution >= 4 is 69.7 Å². The van der Waals surface area contributed by atoms with E-state index in [-0.39, 0.29) is 51.1 Å². The van der Waals surface area contributed by atoms with Crippen LogP contribution < -0.4 is 0 Å². The molecule has 0 amide bonds. The summed E-state index contributed by atoms with van der Waals surface area (Å²) in [4.78, 5) is 63.7. The maximum atomic E-state index is 10.5. The van der Waals surface area contributed by atoms with E-state index in [1.807, 2.05) is 27.7 Å². The Balaban J connectivity index is -0.0000000697. The second-order valence-corrected chi connectivity index (χ2v) is 31.3. The van der Waals surface area contributed by atoms with Crippen LogP contribution in [-0.4, -0.2) is 131 Å². The fraction of sp³-hybridized carbons (Fsp3) is 0.917. The van der Waals surface area contributed by atoms with E-state index in [1.54, 1.807) is 83.1 Å². The Bertz CT molecular complexity index is 1410. The molecular formula is C36H87O18P3S3. The van der Waals surface area contributed by atoms with Crippen LogP contribution in [0.2, 0.25) is 0 Å². The van der Waals surface area contributed by atoms with Crippen molar-refractivity contribution in [2.24, 2.45) is 17.8 Å². The number of aliphatic carboxylic acids is 1. The van der Waals surface area contributed by atoms with Gasteiger partial charge >= 0.3 is 13.6 Å². The number of carboxylic acids is 1. The average Bonchev–Trinajstić information content (AvgIpc) is 2.96. The summed E-state index contributed by atoms with van der Waals surface area (Å²) in [5.41, 5.74) is -0.715. The van der Waals surface area contributed by atoms with Crippen molar-refractivity contribution in [1.29, 1.82) is 0 Å². The van der Waals surface area contributed by atoms with Crippen molar-refractivity contribution in [2.45, 2.75) is 171 Å². The molecule has 2 atom stereocenters. The van der Waals surface area contributed by atoms with Gasteiger partial charge in [-0.1, -0.05) is 83.1 Å². The van der Waals surface area contributed by atoms with Gasteiger partial charge in [-0.3, -0.25) is 32.6 Å². The average molecular weight is 997 g/mol. The smallest absolute Gasteiger partial charge is 0.328 e. The molecule has 0 saturated carbocycles. The van der Waals surface area contributed by atoms with E-state index in [1.165, 1.54) is 53.5 Å². The van der Waals surface area contributed by atoms with Crippen LogP contribution in [0.4, 0.5) is 0 Å². The van der Waals surface area contributed by atoms with Gasteiger partial charge in [-0.25, -0.2) is 16.8 Å². The van der Waals surface area contributed by atoms with Crippen molar-refractivity contribution in [1.82, 2.24) is 0 Å². The number of carboxylic acid groups (broad SMARTS) is 1. The molecule has 24 heteroatoms. The molecule has 0 aliphatic carbocycles. The maximum absolute atomic E-state index is 10.5. The van der Waals surface area contributed by atoms with Gasteiger partial charge < -0.3 is 24.7 Å². The predicted octanol–water partition coefficient (Wildman–Crippen LogP) is 7.51. The van der Waals surface area contributed by atoms with E-state index < -0.39 is 69.0 Å². The van der Waals surface area contributed by atoms with Gasteiger partial charge in [-0.15, -0.1) is 0 Å². The number of carbonyl (C=O) groups is 3. The number of Topliss-reactive ketones (excluding diaryl/α,β-unsaturated/α-hetero) is 2. The Morgan fingerprint density at radius 3 is 0.533 bits per heavy atom. The fourth-order valence-electron chi connectivity index (χ4n) is 0. The third-order valence-electron chi connectivity index (χ3n) is 7.02. The van der Waals surface area contributed by atoms with Gasteiger partial charge in [0.25, 0.3) is 10.1 Å². The first-order chi connectivity index (χ1) is 25.6. The second kappa shape index (κ2) is 37.5. The molecule has 0 aliphatic rings. The number of carbonyl (C=O) groups excluding carboxylic acids is 2. The van der Waals surface area contributed by atoms with Crippen molar-refractivity contribution < 1.29 is 82.6 Å². The Morgan fingerprint density at radius 1 is 0.433 bits per heavy atom. The number of hydrogen-bond donors (Lipinski definition) is 6. The molecule has 6 N–H and O–H groups in total. The lowest BCUT2D eigenvalue weighted by Crippen LogP contribution is -2.10. The Morgan fingerprint density at radius 2 is 0.533 bits per heavy atom. The summed E-state index contributed by atoms with van der Waals surface area (Å²) in [7, 11) is -18.4. The Kier molecular flexibility index (Phi) is 49.7. The standard InChI is InChI=1S/2C5H10O.2C4H11O2P.2C4H10O2S.C4H8O2.C3H9O3P.C3H8O3S/c2*1-4(2)5(3)6;4*1-4(2)7(3,5)6;1-3(2)4(5)6;2*1-3(2)7(4,5)6/h2*4H,1-3H3;2*4H,1-3H3,(H,5,6);2*4H,1-3H3;3H,1-2H3,(H,5,6);3H,1-2H3,(H2,4,5,6);3H,1-2H3,(H,4,5,6). The fourth-order valence-corrected chi connectivity index (χ4v) is 0. The number of sulfone groups is 2. The summed E-state index contributed by atoms with van der Waals surface area (Å²) in [5, 5.41) is 6.86. The first-order valence-electron chi connectivity index (χ1n) is 18.8. The predicted molar refractivity (Wildman–Crippen MR) is 249 cm³/mol. The minimum Gasteiger partial charge on any atom is -0.481 e. The highest BCUT2D eigenvalue weighted by Crippen LogP contribution is 2.41. The monoisotopic (exact) mass is 996 g/mol. The summed E-state index contributed by atoms with van der Waals surface area (Å²) < 4.78 is 100. The summed E-state index contributed by atoms with van der Waals surface area (Å²) in [6.07, 6.45) is 2.47. The molecule has 0 aliphatic heterocycles. The summed E-state index contributed by atoms with van der Waals surface area (Å²) in [6.45, 7) is 36.2. The molecule has 18 nitrogen and oxygen atoms in total. The summed E-state index contributed by atoms with van der Waals surface area (Å²) in [6, 6.07) is 0. The molecule has 0 spiro atoms. The van der Waals surface area contributed by atoms with Crippen molar-refractivity contribution in [3.8, 4) is 0 Å². The van der Waals surface area contributed by atoms with Gasteiger partial charge in [0.1, 0.15) is 31.2 Å². The first-order valence-corrected chi connectivity index (χ1v) is 30.3. The van der Waals surface area contributed by atoms with Gasteiger partial charge in [0, 0.05) is 49.0 Å². The van der Waals surface area contributed by atoms with Crippen LogP contribution in [0.1, 0.15) is 138 Å². The minimum atomic E-state index is -3.74. The van der Waals surface area contributed by atoms with Crippen LogP contribution >= 0.6 is 22.3 Å². The molecule has 0 saturated heterocycles. The zero-order valence-corrected chi connectivity index (χ0v) is 46.0. The van der Waals surface area contributed by atoms with Gasteiger partial charge in [0.05, 0.1) is 27.3 Å². The van der Waals surface area contributed by atoms with Crippen molar-refractivity contribution in [3.05, 3.63) is 0 Å². The van der Waals surface area contributed by atoms with E-state index in [4.69, 9.17) is 29.2 Å². The van der Waals surface area contributed by atoms with Gasteiger partial charge in [-0.05, 0) is 55.4 Å². The number of hydrogen-bond acceptors (Lipinski definition) is 12.